The second kappa shape index (κ2) is 5.10. The summed E-state index contributed by atoms with van der Waals surface area (Å²) in [6.45, 7) is 0.492. The number of anilines is 1. The molecule has 3 rings (SSSR count). The van der Waals surface area contributed by atoms with Crippen LogP contribution < -0.4 is 10.5 Å². The molecule has 0 saturated carbocycles. The molecule has 1 aromatic heterocycles. The number of hydrogen-bond acceptors (Lipinski definition) is 2. The highest BCUT2D eigenvalue weighted by Crippen LogP contribution is 2.25. The molecule has 0 atom stereocenters. The molecule has 0 unspecified atom stereocenters. The summed E-state index contributed by atoms with van der Waals surface area (Å²) >= 11 is 5.85. The summed E-state index contributed by atoms with van der Waals surface area (Å²) in [5.41, 5.74) is 8.92. The van der Waals surface area contributed by atoms with E-state index in [1.807, 2.05) is 43.4 Å². The quantitative estimate of drug-likeness (QED) is 0.740. The first-order chi connectivity index (χ1) is 9.65. The number of benzene rings is 2. The summed E-state index contributed by atoms with van der Waals surface area (Å²) in [6, 6.07) is 15.4. The monoisotopic (exact) mass is 286 g/mol. The van der Waals surface area contributed by atoms with Gasteiger partial charge in [-0.05, 0) is 36.4 Å². The van der Waals surface area contributed by atoms with Gasteiger partial charge in [0.1, 0.15) is 12.4 Å². The van der Waals surface area contributed by atoms with Crippen LogP contribution >= 0.6 is 11.6 Å². The number of aromatic nitrogens is 1. The zero-order chi connectivity index (χ0) is 14.1. The van der Waals surface area contributed by atoms with Crippen molar-refractivity contribution >= 4 is 28.2 Å². The van der Waals surface area contributed by atoms with Gasteiger partial charge in [-0.25, -0.2) is 0 Å². The molecule has 2 aromatic carbocycles. The van der Waals surface area contributed by atoms with E-state index >= 15 is 0 Å². The molecule has 0 saturated heterocycles. The van der Waals surface area contributed by atoms with E-state index in [1.165, 1.54) is 0 Å². The zero-order valence-corrected chi connectivity index (χ0v) is 11.9. The molecule has 0 radical (unpaired) electrons. The van der Waals surface area contributed by atoms with Crippen molar-refractivity contribution in [3.63, 3.8) is 0 Å². The molecule has 0 spiro atoms. The number of aryl methyl sites for hydroxylation is 1. The maximum atomic E-state index is 6.02. The molecule has 0 aliphatic carbocycles. The van der Waals surface area contributed by atoms with Crippen molar-refractivity contribution in [1.29, 1.82) is 0 Å². The number of nitrogen functional groups attached to an aromatic ring is 1. The molecule has 1 heterocycles. The van der Waals surface area contributed by atoms with Crippen LogP contribution in [0.15, 0.2) is 48.5 Å². The lowest BCUT2D eigenvalue weighted by Gasteiger charge is -2.08. The van der Waals surface area contributed by atoms with Gasteiger partial charge in [-0.1, -0.05) is 23.7 Å². The van der Waals surface area contributed by atoms with E-state index in [4.69, 9.17) is 22.1 Å². The standard InChI is InChI=1S/C16H15ClN2O/c1-19-13(9-11-3-2-4-15(18)16(11)19)10-20-14-7-5-12(17)6-8-14/h2-9H,10,18H2,1H3. The largest absolute Gasteiger partial charge is 0.487 e. The molecule has 0 fully saturated rings. The molecule has 3 nitrogen and oxygen atoms in total. The van der Waals surface area contributed by atoms with E-state index < -0.39 is 0 Å². The first kappa shape index (κ1) is 12.9. The summed E-state index contributed by atoms with van der Waals surface area (Å²) in [5, 5.41) is 1.83. The van der Waals surface area contributed by atoms with Gasteiger partial charge in [-0.2, -0.15) is 0 Å². The molecular weight excluding hydrogens is 272 g/mol. The Morgan fingerprint density at radius 2 is 1.90 bits per heavy atom. The summed E-state index contributed by atoms with van der Waals surface area (Å²) in [7, 11) is 2.00. The van der Waals surface area contributed by atoms with Crippen molar-refractivity contribution < 1.29 is 4.74 Å². The topological polar surface area (TPSA) is 40.2 Å². The number of hydrogen-bond donors (Lipinski definition) is 1. The summed E-state index contributed by atoms with van der Waals surface area (Å²) in [5.74, 6) is 0.799. The summed E-state index contributed by atoms with van der Waals surface area (Å²) < 4.78 is 7.85. The minimum absolute atomic E-state index is 0.492. The average molecular weight is 287 g/mol. The highest BCUT2D eigenvalue weighted by Gasteiger charge is 2.08. The third-order valence-corrected chi connectivity index (χ3v) is 3.64. The zero-order valence-electron chi connectivity index (χ0n) is 11.1. The predicted molar refractivity (Wildman–Crippen MR) is 83.1 cm³/mol. The molecule has 4 heteroatoms. The van der Waals surface area contributed by atoms with Crippen LogP contribution in [-0.4, -0.2) is 4.57 Å². The van der Waals surface area contributed by atoms with Crippen LogP contribution in [0.25, 0.3) is 10.9 Å². The second-order valence-electron chi connectivity index (χ2n) is 4.72. The fourth-order valence-electron chi connectivity index (χ4n) is 2.33. The van der Waals surface area contributed by atoms with Crippen molar-refractivity contribution in [3.8, 4) is 5.75 Å². The van der Waals surface area contributed by atoms with Gasteiger partial charge in [0.15, 0.2) is 0 Å². The Labute approximate surface area is 122 Å². The van der Waals surface area contributed by atoms with E-state index in [1.54, 1.807) is 0 Å². The van der Waals surface area contributed by atoms with Gasteiger partial charge in [-0.15, -0.1) is 0 Å². The number of nitrogens with two attached hydrogens (primary N) is 1. The fraction of sp³-hybridized carbons (Fsp3) is 0.125. The van der Waals surface area contributed by atoms with Crippen molar-refractivity contribution in [2.24, 2.45) is 7.05 Å². The average Bonchev–Trinajstić information content (AvgIpc) is 2.76. The van der Waals surface area contributed by atoms with Crippen LogP contribution in [0, 0.1) is 0 Å². The molecule has 102 valence electrons. The van der Waals surface area contributed by atoms with Crippen LogP contribution in [0.3, 0.4) is 0 Å². The third-order valence-electron chi connectivity index (χ3n) is 3.39. The summed E-state index contributed by atoms with van der Waals surface area (Å²) in [4.78, 5) is 0. The molecule has 20 heavy (non-hydrogen) atoms. The number of nitrogens with zero attached hydrogens (tertiary/aromatic N) is 1. The Bertz CT molecular complexity index is 747. The molecule has 0 aliphatic rings. The number of rotatable bonds is 3. The van der Waals surface area contributed by atoms with Crippen LogP contribution in [0.4, 0.5) is 5.69 Å². The normalized spacial score (nSPS) is 10.9. The minimum Gasteiger partial charge on any atom is -0.487 e. The predicted octanol–water partition coefficient (Wildman–Crippen LogP) is 3.99. The van der Waals surface area contributed by atoms with Crippen molar-refractivity contribution in [2.45, 2.75) is 6.61 Å². The Morgan fingerprint density at radius 1 is 1.15 bits per heavy atom. The first-order valence-electron chi connectivity index (χ1n) is 6.36. The number of fused-ring (bicyclic) bond motifs is 1. The van der Waals surface area contributed by atoms with E-state index in [2.05, 4.69) is 16.7 Å². The van der Waals surface area contributed by atoms with E-state index in [0.717, 1.165) is 28.0 Å². The van der Waals surface area contributed by atoms with Gasteiger partial charge in [0.2, 0.25) is 0 Å². The number of para-hydroxylation sites is 1. The highest BCUT2D eigenvalue weighted by atomic mass is 35.5. The second-order valence-corrected chi connectivity index (χ2v) is 5.16. The smallest absolute Gasteiger partial charge is 0.128 e. The number of halogens is 1. The van der Waals surface area contributed by atoms with E-state index in [-0.39, 0.29) is 0 Å². The van der Waals surface area contributed by atoms with Gasteiger partial charge in [0, 0.05) is 17.5 Å². The minimum atomic E-state index is 0.492. The fourth-order valence-corrected chi connectivity index (χ4v) is 2.46. The van der Waals surface area contributed by atoms with Gasteiger partial charge in [0.25, 0.3) is 0 Å². The lowest BCUT2D eigenvalue weighted by atomic mass is 10.2. The molecule has 0 amide bonds. The van der Waals surface area contributed by atoms with E-state index in [0.29, 0.717) is 11.6 Å². The first-order valence-corrected chi connectivity index (χ1v) is 6.74. The van der Waals surface area contributed by atoms with Gasteiger partial charge >= 0.3 is 0 Å². The third kappa shape index (κ3) is 2.32. The van der Waals surface area contributed by atoms with Crippen molar-refractivity contribution in [2.75, 3.05) is 5.73 Å². The van der Waals surface area contributed by atoms with E-state index in [9.17, 15) is 0 Å². The molecule has 2 N–H and O–H groups in total. The highest BCUT2D eigenvalue weighted by molar-refractivity contribution is 6.30. The Kier molecular flexibility index (Phi) is 3.28. The summed E-state index contributed by atoms with van der Waals surface area (Å²) in [6.07, 6.45) is 0. The molecular formula is C16H15ClN2O. The number of ether oxygens (including phenoxy) is 1. The van der Waals surface area contributed by atoms with Crippen LogP contribution in [0.5, 0.6) is 5.75 Å². The Hall–Kier alpha value is -2.13. The van der Waals surface area contributed by atoms with Gasteiger partial charge < -0.3 is 15.0 Å². The lowest BCUT2D eigenvalue weighted by Crippen LogP contribution is -2.02. The Morgan fingerprint density at radius 3 is 2.60 bits per heavy atom. The molecule has 0 bridgehead atoms. The van der Waals surface area contributed by atoms with Crippen LogP contribution in [-0.2, 0) is 13.7 Å². The maximum absolute atomic E-state index is 6.02. The van der Waals surface area contributed by atoms with Gasteiger partial charge in [-0.3, -0.25) is 0 Å². The van der Waals surface area contributed by atoms with Crippen LogP contribution in [0.1, 0.15) is 5.69 Å². The maximum Gasteiger partial charge on any atom is 0.128 e. The molecule has 3 aromatic rings. The van der Waals surface area contributed by atoms with Crippen molar-refractivity contribution in [3.05, 3.63) is 59.2 Å². The Balaban J connectivity index is 1.86. The van der Waals surface area contributed by atoms with Crippen molar-refractivity contribution in [1.82, 2.24) is 4.57 Å². The molecule has 0 aliphatic heterocycles. The van der Waals surface area contributed by atoms with Crippen LogP contribution in [0.2, 0.25) is 5.02 Å². The lowest BCUT2D eigenvalue weighted by molar-refractivity contribution is 0.298. The van der Waals surface area contributed by atoms with Gasteiger partial charge in [0.05, 0.1) is 16.9 Å². The SMILES string of the molecule is Cn1c(COc2ccc(Cl)cc2)cc2cccc(N)c21.